The number of nitriles is 1. The molecule has 27 heavy (non-hydrogen) atoms. The van der Waals surface area contributed by atoms with Gasteiger partial charge in [0.25, 0.3) is 10.1 Å². The van der Waals surface area contributed by atoms with Crippen LogP contribution in [0.4, 0.5) is 4.39 Å². The summed E-state index contributed by atoms with van der Waals surface area (Å²) >= 11 is 12.4. The van der Waals surface area contributed by atoms with Gasteiger partial charge in [0.2, 0.25) is 0 Å². The van der Waals surface area contributed by atoms with Gasteiger partial charge in [0.15, 0.2) is 0 Å². The number of ether oxygens (including phenoxy) is 1. The Hall–Kier alpha value is -1.85. The van der Waals surface area contributed by atoms with Crippen LogP contribution in [0.2, 0.25) is 10.0 Å². The van der Waals surface area contributed by atoms with E-state index in [4.69, 9.17) is 37.8 Å². The third-order valence-electron chi connectivity index (χ3n) is 3.90. The van der Waals surface area contributed by atoms with Crippen LogP contribution in [0, 0.1) is 23.1 Å². The molecule has 5 nitrogen and oxygen atoms in total. The highest BCUT2D eigenvalue weighted by Crippen LogP contribution is 2.42. The van der Waals surface area contributed by atoms with Crippen LogP contribution in [-0.2, 0) is 16.5 Å². The van der Waals surface area contributed by atoms with Crippen molar-refractivity contribution in [3.8, 4) is 22.9 Å². The molecule has 0 aliphatic heterocycles. The third kappa shape index (κ3) is 5.56. The van der Waals surface area contributed by atoms with Crippen molar-refractivity contribution in [2.45, 2.75) is 12.8 Å². The molecule has 1 N–H and O–H groups in total. The van der Waals surface area contributed by atoms with E-state index in [9.17, 15) is 12.8 Å². The van der Waals surface area contributed by atoms with E-state index in [-0.39, 0.29) is 18.6 Å². The zero-order valence-corrected chi connectivity index (χ0v) is 16.6. The fourth-order valence-corrected chi connectivity index (χ4v) is 4.34. The van der Waals surface area contributed by atoms with Crippen molar-refractivity contribution in [3.05, 3.63) is 51.8 Å². The molecule has 0 radical (unpaired) electrons. The van der Waals surface area contributed by atoms with Gasteiger partial charge in [-0.1, -0.05) is 29.3 Å². The summed E-state index contributed by atoms with van der Waals surface area (Å²) in [5, 5.41) is 9.52. The Balaban J connectivity index is 2.58. The highest BCUT2D eigenvalue weighted by molar-refractivity contribution is 7.85. The quantitative estimate of drug-likeness (QED) is 0.637. The molecule has 2 aromatic carbocycles. The number of hydrogen-bond acceptors (Lipinski definition) is 4. The van der Waals surface area contributed by atoms with Crippen molar-refractivity contribution in [2.75, 3.05) is 12.9 Å². The minimum absolute atomic E-state index is 0.00333. The predicted molar refractivity (Wildman–Crippen MR) is 102 cm³/mol. The van der Waals surface area contributed by atoms with Gasteiger partial charge in [-0.2, -0.15) is 13.7 Å². The molecule has 2 rings (SSSR count). The van der Waals surface area contributed by atoms with Crippen LogP contribution in [-0.4, -0.2) is 25.8 Å². The van der Waals surface area contributed by atoms with E-state index in [1.54, 1.807) is 18.2 Å². The van der Waals surface area contributed by atoms with Crippen LogP contribution in [0.1, 0.15) is 12.0 Å². The fraction of sp³-hybridized carbons (Fsp3) is 0.278. The standard InChI is InChI=1S/C18H16Cl2FNO4S/c1-26-18-12(7-11(5-6-22)10-27(23,24)25)8-13(21)9-14(18)17-15(19)3-2-4-16(17)20/h2-4,8-9,11H,5,7,10H2,1H3,(H,23,24,25). The Morgan fingerprint density at radius 1 is 1.30 bits per heavy atom. The van der Waals surface area contributed by atoms with Crippen molar-refractivity contribution in [1.29, 1.82) is 5.26 Å². The van der Waals surface area contributed by atoms with Gasteiger partial charge < -0.3 is 4.74 Å². The lowest BCUT2D eigenvalue weighted by atomic mass is 9.93. The lowest BCUT2D eigenvalue weighted by Gasteiger charge is -2.19. The molecular formula is C18H16Cl2FNO4S. The molecule has 0 aliphatic carbocycles. The summed E-state index contributed by atoms with van der Waals surface area (Å²) in [6.45, 7) is 0. The predicted octanol–water partition coefficient (Wildman–Crippen LogP) is 4.77. The number of hydrogen-bond donors (Lipinski definition) is 1. The molecule has 1 atom stereocenters. The van der Waals surface area contributed by atoms with Gasteiger partial charge in [-0.25, -0.2) is 4.39 Å². The van der Waals surface area contributed by atoms with E-state index < -0.39 is 27.6 Å². The minimum atomic E-state index is -4.30. The van der Waals surface area contributed by atoms with Crippen LogP contribution < -0.4 is 4.74 Å². The van der Waals surface area contributed by atoms with Gasteiger partial charge in [-0.05, 0) is 42.2 Å². The molecule has 0 amide bonds. The van der Waals surface area contributed by atoms with Gasteiger partial charge in [-0.3, -0.25) is 4.55 Å². The minimum Gasteiger partial charge on any atom is -0.496 e. The lowest BCUT2D eigenvalue weighted by molar-refractivity contribution is 0.404. The van der Waals surface area contributed by atoms with Crippen LogP contribution in [0.5, 0.6) is 5.75 Å². The molecule has 0 saturated carbocycles. The highest BCUT2D eigenvalue weighted by Gasteiger charge is 2.23. The van der Waals surface area contributed by atoms with Crippen molar-refractivity contribution >= 4 is 33.3 Å². The smallest absolute Gasteiger partial charge is 0.265 e. The van der Waals surface area contributed by atoms with Crippen molar-refractivity contribution < 1.29 is 22.1 Å². The van der Waals surface area contributed by atoms with Crippen molar-refractivity contribution in [2.24, 2.45) is 5.92 Å². The molecule has 1 unspecified atom stereocenters. The van der Waals surface area contributed by atoms with Gasteiger partial charge in [-0.15, -0.1) is 0 Å². The van der Waals surface area contributed by atoms with Gasteiger partial charge >= 0.3 is 0 Å². The summed E-state index contributed by atoms with van der Waals surface area (Å²) in [5.41, 5.74) is 1.03. The maximum Gasteiger partial charge on any atom is 0.265 e. The SMILES string of the molecule is COc1c(CC(CC#N)CS(=O)(=O)O)cc(F)cc1-c1c(Cl)cccc1Cl. The Bertz CT molecular complexity index is 969. The Labute approximate surface area is 167 Å². The Kier molecular flexibility index (Phi) is 7.06. The molecule has 9 heteroatoms. The first kappa shape index (κ1) is 21.5. The summed E-state index contributed by atoms with van der Waals surface area (Å²) in [4.78, 5) is 0. The summed E-state index contributed by atoms with van der Waals surface area (Å²) < 4.78 is 51.2. The summed E-state index contributed by atoms with van der Waals surface area (Å²) in [6, 6.07) is 9.14. The number of nitrogens with zero attached hydrogens (tertiary/aromatic N) is 1. The van der Waals surface area contributed by atoms with Gasteiger partial charge in [0.05, 0.1) is 29.0 Å². The molecule has 144 valence electrons. The van der Waals surface area contributed by atoms with E-state index in [2.05, 4.69) is 0 Å². The lowest BCUT2D eigenvalue weighted by Crippen LogP contribution is -2.18. The van der Waals surface area contributed by atoms with Gasteiger partial charge in [0, 0.05) is 17.5 Å². The van der Waals surface area contributed by atoms with Crippen LogP contribution in [0.3, 0.4) is 0 Å². The molecule has 0 saturated heterocycles. The number of methoxy groups -OCH3 is 1. The molecule has 0 fully saturated rings. The summed E-state index contributed by atoms with van der Waals surface area (Å²) in [7, 11) is -2.92. The maximum absolute atomic E-state index is 14.3. The van der Waals surface area contributed by atoms with E-state index in [1.165, 1.54) is 19.2 Å². The number of halogens is 3. The molecule has 0 aliphatic rings. The van der Waals surface area contributed by atoms with E-state index in [0.29, 0.717) is 26.7 Å². The van der Waals surface area contributed by atoms with Crippen LogP contribution >= 0.6 is 23.2 Å². The second kappa shape index (κ2) is 8.89. The van der Waals surface area contributed by atoms with E-state index in [0.717, 1.165) is 0 Å². The largest absolute Gasteiger partial charge is 0.496 e. The molecule has 0 heterocycles. The average molecular weight is 432 g/mol. The molecule has 0 aromatic heterocycles. The van der Waals surface area contributed by atoms with Crippen LogP contribution in [0.25, 0.3) is 11.1 Å². The first-order chi connectivity index (χ1) is 12.7. The fourth-order valence-electron chi connectivity index (χ4n) is 2.91. The topological polar surface area (TPSA) is 87.4 Å². The number of benzene rings is 2. The normalized spacial score (nSPS) is 12.4. The Morgan fingerprint density at radius 2 is 1.93 bits per heavy atom. The van der Waals surface area contributed by atoms with E-state index in [1.807, 2.05) is 6.07 Å². The second-order valence-electron chi connectivity index (χ2n) is 5.92. The first-order valence-corrected chi connectivity index (χ1v) is 10.2. The first-order valence-electron chi connectivity index (χ1n) is 7.79. The van der Waals surface area contributed by atoms with E-state index >= 15 is 0 Å². The average Bonchev–Trinajstić information content (AvgIpc) is 2.53. The highest BCUT2D eigenvalue weighted by atomic mass is 35.5. The number of rotatable bonds is 7. The monoisotopic (exact) mass is 431 g/mol. The molecular weight excluding hydrogens is 416 g/mol. The summed E-state index contributed by atoms with van der Waals surface area (Å²) in [5.74, 6) is -1.69. The Morgan fingerprint density at radius 3 is 2.44 bits per heavy atom. The van der Waals surface area contributed by atoms with Gasteiger partial charge in [0.1, 0.15) is 11.6 Å². The van der Waals surface area contributed by atoms with Crippen LogP contribution in [0.15, 0.2) is 30.3 Å². The molecule has 0 bridgehead atoms. The second-order valence-corrected chi connectivity index (χ2v) is 8.23. The van der Waals surface area contributed by atoms with Crippen molar-refractivity contribution in [3.63, 3.8) is 0 Å². The van der Waals surface area contributed by atoms with Crippen molar-refractivity contribution in [1.82, 2.24) is 0 Å². The summed E-state index contributed by atoms with van der Waals surface area (Å²) in [6.07, 6.45) is -0.134. The molecule has 2 aromatic rings. The maximum atomic E-state index is 14.3. The zero-order chi connectivity index (χ0) is 20.2. The molecule has 0 spiro atoms. The third-order valence-corrected chi connectivity index (χ3v) is 5.42. The zero-order valence-electron chi connectivity index (χ0n) is 14.2.